The third-order valence-electron chi connectivity index (χ3n) is 11.3. The Labute approximate surface area is 337 Å². The second-order valence-electron chi connectivity index (χ2n) is 14.8. The fourth-order valence-corrected chi connectivity index (χ4v) is 9.75. The number of para-hydroxylation sites is 2. The Morgan fingerprint density at radius 1 is 0.431 bits per heavy atom. The molecule has 0 N–H and O–H groups in total. The van der Waals surface area contributed by atoms with E-state index in [1.807, 2.05) is 47.7 Å². The second kappa shape index (κ2) is 13.1. The quantitative estimate of drug-likeness (QED) is 0.169. The van der Waals surface area contributed by atoms with Gasteiger partial charge in [-0.2, -0.15) is 0 Å². The van der Waals surface area contributed by atoms with Gasteiger partial charge < -0.3 is 8.98 Å². The van der Waals surface area contributed by atoms with Crippen molar-refractivity contribution in [3.63, 3.8) is 0 Å². The van der Waals surface area contributed by atoms with Gasteiger partial charge in [-0.15, -0.1) is 11.3 Å². The molecule has 6 heteroatoms. The van der Waals surface area contributed by atoms with Crippen molar-refractivity contribution in [3.8, 4) is 39.6 Å². The van der Waals surface area contributed by atoms with Gasteiger partial charge in [-0.05, 0) is 71.3 Å². The summed E-state index contributed by atoms with van der Waals surface area (Å²) >= 11 is 1.82. The normalized spacial score (nSPS) is 11.9. The maximum absolute atomic E-state index is 6.66. The summed E-state index contributed by atoms with van der Waals surface area (Å²) < 4.78 is 11.5. The van der Waals surface area contributed by atoms with Crippen LogP contribution in [0.2, 0.25) is 0 Å². The molecule has 4 aromatic heterocycles. The lowest BCUT2D eigenvalue weighted by atomic mass is 9.99. The minimum atomic E-state index is 0.580. The lowest BCUT2D eigenvalue weighted by Crippen LogP contribution is -2.04. The topological polar surface area (TPSA) is 56.7 Å². The molecule has 0 radical (unpaired) electrons. The lowest BCUT2D eigenvalue weighted by molar-refractivity contribution is 0.669. The predicted octanol–water partition coefficient (Wildman–Crippen LogP) is 13.8. The summed E-state index contributed by atoms with van der Waals surface area (Å²) in [5.41, 5.74) is 10.6. The summed E-state index contributed by atoms with van der Waals surface area (Å²) in [6.45, 7) is 0. The molecule has 0 aliphatic rings. The van der Waals surface area contributed by atoms with Crippen LogP contribution in [0, 0.1) is 0 Å². The van der Waals surface area contributed by atoms with Crippen molar-refractivity contribution in [3.05, 3.63) is 193 Å². The van der Waals surface area contributed by atoms with Gasteiger partial charge >= 0.3 is 0 Å². The number of benzene rings is 8. The van der Waals surface area contributed by atoms with Crippen LogP contribution >= 0.6 is 11.3 Å². The molecule has 12 rings (SSSR count). The van der Waals surface area contributed by atoms with Crippen molar-refractivity contribution < 1.29 is 4.42 Å². The van der Waals surface area contributed by atoms with E-state index in [0.29, 0.717) is 18.1 Å². The van der Waals surface area contributed by atoms with Gasteiger partial charge in [0.05, 0.1) is 11.0 Å². The highest BCUT2D eigenvalue weighted by Crippen LogP contribution is 2.41. The number of rotatable bonds is 6. The fourth-order valence-electron chi connectivity index (χ4n) is 8.61. The zero-order valence-corrected chi connectivity index (χ0v) is 31.9. The number of aromatic nitrogens is 4. The third kappa shape index (κ3) is 5.34. The molecule has 8 aromatic carbocycles. The van der Waals surface area contributed by atoms with Crippen LogP contribution < -0.4 is 0 Å². The van der Waals surface area contributed by atoms with Crippen LogP contribution in [-0.4, -0.2) is 19.5 Å². The van der Waals surface area contributed by atoms with Gasteiger partial charge in [-0.1, -0.05) is 121 Å². The van der Waals surface area contributed by atoms with Crippen molar-refractivity contribution in [1.82, 2.24) is 19.5 Å². The van der Waals surface area contributed by atoms with E-state index in [9.17, 15) is 0 Å². The fraction of sp³-hybridized carbons (Fsp3) is 0.0192. The first-order valence-corrected chi connectivity index (χ1v) is 20.3. The smallest absolute Gasteiger partial charge is 0.163 e. The molecule has 0 bridgehead atoms. The highest BCUT2D eigenvalue weighted by atomic mass is 32.1. The molecule has 0 unspecified atom stereocenters. The van der Waals surface area contributed by atoms with E-state index in [0.717, 1.165) is 55.7 Å². The van der Waals surface area contributed by atoms with Crippen molar-refractivity contribution in [2.45, 2.75) is 6.42 Å². The first kappa shape index (κ1) is 32.8. The third-order valence-corrected chi connectivity index (χ3v) is 12.4. The Kier molecular flexibility index (Phi) is 7.40. The van der Waals surface area contributed by atoms with E-state index >= 15 is 0 Å². The zero-order chi connectivity index (χ0) is 38.2. The molecule has 0 amide bonds. The van der Waals surface area contributed by atoms with Gasteiger partial charge in [0, 0.05) is 71.0 Å². The highest BCUT2D eigenvalue weighted by molar-refractivity contribution is 7.25. The number of furan rings is 1. The van der Waals surface area contributed by atoms with Crippen LogP contribution in [0.4, 0.5) is 0 Å². The molecule has 5 nitrogen and oxygen atoms in total. The van der Waals surface area contributed by atoms with E-state index < -0.39 is 0 Å². The van der Waals surface area contributed by atoms with Gasteiger partial charge in [0.1, 0.15) is 17.0 Å². The maximum Gasteiger partial charge on any atom is 0.163 e. The summed E-state index contributed by atoms with van der Waals surface area (Å²) in [4.78, 5) is 15.0. The SMILES string of the molecule is c1ccc(-c2nc(Cc3cccc4sc5ccc(-c6ccc7c(c6)oc6cc(-n8c9ccccc9c9ccccc98)ccc67)cc5c34)nc(-c3ccccc3)n2)cc1. The first-order valence-electron chi connectivity index (χ1n) is 19.5. The Morgan fingerprint density at radius 3 is 1.74 bits per heavy atom. The van der Waals surface area contributed by atoms with Gasteiger partial charge in [-0.3, -0.25) is 0 Å². The summed E-state index contributed by atoms with van der Waals surface area (Å²) in [6.07, 6.45) is 0.580. The molecular formula is C52H32N4OS. The minimum Gasteiger partial charge on any atom is -0.456 e. The number of hydrogen-bond donors (Lipinski definition) is 0. The summed E-state index contributed by atoms with van der Waals surface area (Å²) in [5.74, 6) is 2.10. The van der Waals surface area contributed by atoms with Crippen LogP contribution in [0.3, 0.4) is 0 Å². The standard InChI is InChI=1S/C52H32N4OS/c1-3-12-32(13-4-1)51-53-49(54-52(55-51)33-14-5-2-6-15-33)30-36-16-11-21-48-50(36)42-28-34(23-27-47(42)58-48)35-22-25-40-41-26-24-37(31-46(41)57-45(40)29-35)56-43-19-9-7-17-38(43)39-18-8-10-20-44(39)56/h1-29,31H,30H2. The van der Waals surface area contributed by atoms with Crippen LogP contribution in [-0.2, 0) is 6.42 Å². The largest absolute Gasteiger partial charge is 0.456 e. The monoisotopic (exact) mass is 760 g/mol. The number of hydrogen-bond acceptors (Lipinski definition) is 5. The molecule has 0 aliphatic heterocycles. The van der Waals surface area contributed by atoms with E-state index in [-0.39, 0.29) is 0 Å². The van der Waals surface area contributed by atoms with Gasteiger partial charge in [-0.25, -0.2) is 15.0 Å². The van der Waals surface area contributed by atoms with Gasteiger partial charge in [0.2, 0.25) is 0 Å². The van der Waals surface area contributed by atoms with Crippen molar-refractivity contribution in [1.29, 1.82) is 0 Å². The van der Waals surface area contributed by atoms with Crippen molar-refractivity contribution in [2.24, 2.45) is 0 Å². The van der Waals surface area contributed by atoms with E-state index in [1.165, 1.54) is 47.5 Å². The van der Waals surface area contributed by atoms with Crippen LogP contribution in [0.25, 0.3) is 104 Å². The molecule has 272 valence electrons. The second-order valence-corrected chi connectivity index (χ2v) is 15.9. The summed E-state index contributed by atoms with van der Waals surface area (Å²) in [6, 6.07) is 64.1. The Bertz CT molecular complexity index is 3440. The number of nitrogens with zero attached hydrogens (tertiary/aromatic N) is 4. The zero-order valence-electron chi connectivity index (χ0n) is 31.1. The summed E-state index contributed by atoms with van der Waals surface area (Å²) in [5, 5.41) is 7.19. The Balaban J connectivity index is 0.940. The molecule has 0 saturated carbocycles. The molecule has 4 heterocycles. The predicted molar refractivity (Wildman–Crippen MR) is 240 cm³/mol. The average Bonchev–Trinajstić information content (AvgIpc) is 3.96. The minimum absolute atomic E-state index is 0.580. The van der Waals surface area contributed by atoms with Gasteiger partial charge in [0.25, 0.3) is 0 Å². The van der Waals surface area contributed by atoms with E-state index in [1.54, 1.807) is 0 Å². The highest BCUT2D eigenvalue weighted by Gasteiger charge is 2.17. The number of thiophene rings is 1. The Hall–Kier alpha value is -7.41. The summed E-state index contributed by atoms with van der Waals surface area (Å²) in [7, 11) is 0. The average molecular weight is 761 g/mol. The molecule has 0 saturated heterocycles. The maximum atomic E-state index is 6.66. The lowest BCUT2D eigenvalue weighted by Gasteiger charge is -2.09. The number of fused-ring (bicyclic) bond motifs is 9. The molecular weight excluding hydrogens is 729 g/mol. The molecule has 58 heavy (non-hydrogen) atoms. The molecule has 0 spiro atoms. The van der Waals surface area contributed by atoms with Crippen molar-refractivity contribution in [2.75, 3.05) is 0 Å². The molecule has 12 aromatic rings. The van der Waals surface area contributed by atoms with Crippen LogP contribution in [0.15, 0.2) is 186 Å². The van der Waals surface area contributed by atoms with E-state index in [2.05, 4.69) is 150 Å². The molecule has 0 fully saturated rings. The molecule has 0 aliphatic carbocycles. The van der Waals surface area contributed by atoms with Gasteiger partial charge in [0.15, 0.2) is 11.6 Å². The van der Waals surface area contributed by atoms with E-state index in [4.69, 9.17) is 19.4 Å². The Morgan fingerprint density at radius 2 is 1.03 bits per heavy atom. The van der Waals surface area contributed by atoms with Crippen LogP contribution in [0.1, 0.15) is 11.4 Å². The van der Waals surface area contributed by atoms with Crippen molar-refractivity contribution >= 4 is 75.3 Å². The first-order chi connectivity index (χ1) is 28.7. The van der Waals surface area contributed by atoms with Crippen LogP contribution in [0.5, 0.6) is 0 Å². The molecule has 0 atom stereocenters.